The number of carbonyl (C=O) groups excluding carboxylic acids is 1. The molecule has 2 aliphatic rings. The highest BCUT2D eigenvalue weighted by Crippen LogP contribution is 2.30. The molecule has 4 aromatic rings. The summed E-state index contributed by atoms with van der Waals surface area (Å²) in [6.07, 6.45) is 4.50. The molecule has 2 aromatic heterocycles. The van der Waals surface area contributed by atoms with Gasteiger partial charge in [-0.3, -0.25) is 0 Å². The highest BCUT2D eigenvalue weighted by molar-refractivity contribution is 5.92. The van der Waals surface area contributed by atoms with Gasteiger partial charge in [0.1, 0.15) is 41.5 Å². The van der Waals surface area contributed by atoms with Crippen LogP contribution in [0.3, 0.4) is 0 Å². The van der Waals surface area contributed by atoms with Gasteiger partial charge in [-0.15, -0.1) is 0 Å². The number of nitrogens with one attached hydrogen (secondary N) is 2. The summed E-state index contributed by atoms with van der Waals surface area (Å²) in [4.78, 5) is 29.8. The van der Waals surface area contributed by atoms with Crippen molar-refractivity contribution in [2.75, 3.05) is 54.9 Å². The number of piperidine rings is 1. The Morgan fingerprint density at radius 1 is 0.952 bits per heavy atom. The molecule has 4 heterocycles. The normalized spacial score (nSPS) is 16.0. The van der Waals surface area contributed by atoms with Crippen molar-refractivity contribution in [3.05, 3.63) is 72.2 Å². The first-order valence-corrected chi connectivity index (χ1v) is 13.9. The molecule has 0 bridgehead atoms. The molecule has 0 radical (unpaired) electrons. The Morgan fingerprint density at radius 2 is 1.71 bits per heavy atom. The van der Waals surface area contributed by atoms with E-state index in [1.807, 2.05) is 31.2 Å². The minimum Gasteiger partial charge on any atom is -0.490 e. The van der Waals surface area contributed by atoms with Crippen LogP contribution in [0.2, 0.25) is 0 Å². The fourth-order valence-electron chi connectivity index (χ4n) is 5.19. The number of rotatable bonds is 6. The molecule has 12 heteroatoms. The lowest BCUT2D eigenvalue weighted by Crippen LogP contribution is -2.43. The summed E-state index contributed by atoms with van der Waals surface area (Å²) < 4.78 is 38.6. The van der Waals surface area contributed by atoms with Crippen LogP contribution in [0.15, 0.2) is 55.0 Å². The predicted molar refractivity (Wildman–Crippen MR) is 155 cm³/mol. The van der Waals surface area contributed by atoms with Gasteiger partial charge in [0.25, 0.3) is 0 Å². The van der Waals surface area contributed by atoms with Gasteiger partial charge in [0, 0.05) is 61.8 Å². The van der Waals surface area contributed by atoms with E-state index in [2.05, 4.69) is 30.5 Å². The Hall–Kier alpha value is -4.58. The summed E-state index contributed by atoms with van der Waals surface area (Å²) >= 11 is 0. The van der Waals surface area contributed by atoms with Crippen LogP contribution in [0, 0.1) is 18.6 Å². The molecule has 2 saturated heterocycles. The van der Waals surface area contributed by atoms with Crippen LogP contribution in [0.5, 0.6) is 5.75 Å². The molecule has 10 nitrogen and oxygen atoms in total. The highest BCUT2D eigenvalue weighted by Gasteiger charge is 2.25. The quantitative estimate of drug-likeness (QED) is 0.321. The minimum atomic E-state index is -0.741. The lowest BCUT2D eigenvalue weighted by Gasteiger charge is -2.32. The molecule has 42 heavy (non-hydrogen) atoms. The molecule has 0 atom stereocenters. The van der Waals surface area contributed by atoms with Crippen molar-refractivity contribution in [3.63, 3.8) is 0 Å². The number of fused-ring (bicyclic) bond motifs is 1. The fourth-order valence-corrected chi connectivity index (χ4v) is 5.19. The number of amides is 2. The smallest absolute Gasteiger partial charge is 0.321 e. The average Bonchev–Trinajstić information content (AvgIpc) is 2.99. The monoisotopic (exact) mass is 575 g/mol. The molecule has 2 aliphatic heterocycles. The Kier molecular flexibility index (Phi) is 7.95. The van der Waals surface area contributed by atoms with Crippen LogP contribution < -0.4 is 20.3 Å². The number of anilines is 4. The number of hydrogen-bond donors (Lipinski definition) is 2. The highest BCUT2D eigenvalue weighted by atomic mass is 19.1. The number of hydrogen-bond acceptors (Lipinski definition) is 8. The molecule has 0 spiro atoms. The van der Waals surface area contributed by atoms with Gasteiger partial charge in [0.05, 0.1) is 24.9 Å². The van der Waals surface area contributed by atoms with E-state index < -0.39 is 17.7 Å². The van der Waals surface area contributed by atoms with Crippen molar-refractivity contribution in [3.8, 4) is 5.75 Å². The number of aromatic nitrogens is 3. The average molecular weight is 576 g/mol. The van der Waals surface area contributed by atoms with Crippen LogP contribution in [0.1, 0.15) is 18.4 Å². The van der Waals surface area contributed by atoms with Gasteiger partial charge in [-0.25, -0.2) is 28.5 Å². The fraction of sp³-hybridized carbons (Fsp3) is 0.333. The van der Waals surface area contributed by atoms with E-state index in [9.17, 15) is 13.6 Å². The predicted octanol–water partition coefficient (Wildman–Crippen LogP) is 5.27. The van der Waals surface area contributed by atoms with Crippen molar-refractivity contribution in [1.82, 2.24) is 19.9 Å². The van der Waals surface area contributed by atoms with Crippen molar-refractivity contribution in [1.29, 1.82) is 0 Å². The third kappa shape index (κ3) is 6.33. The van der Waals surface area contributed by atoms with Crippen molar-refractivity contribution < 1.29 is 23.0 Å². The van der Waals surface area contributed by atoms with E-state index >= 15 is 0 Å². The van der Waals surface area contributed by atoms with Gasteiger partial charge in [-0.2, -0.15) is 0 Å². The molecule has 2 fully saturated rings. The Morgan fingerprint density at radius 3 is 2.45 bits per heavy atom. The van der Waals surface area contributed by atoms with E-state index in [1.54, 1.807) is 11.1 Å². The van der Waals surface area contributed by atoms with Crippen LogP contribution in [-0.2, 0) is 4.74 Å². The summed E-state index contributed by atoms with van der Waals surface area (Å²) in [6.45, 7) is 5.86. The summed E-state index contributed by atoms with van der Waals surface area (Å²) in [5.74, 6) is 0.848. The lowest BCUT2D eigenvalue weighted by atomic mass is 10.1. The topological polar surface area (TPSA) is 105 Å². The number of urea groups is 1. The second-order valence-electron chi connectivity index (χ2n) is 10.4. The summed E-state index contributed by atoms with van der Waals surface area (Å²) in [6, 6.07) is 10.4. The molecule has 0 saturated carbocycles. The second-order valence-corrected chi connectivity index (χ2v) is 10.4. The number of pyridine rings is 1. The maximum Gasteiger partial charge on any atom is 0.321 e. The summed E-state index contributed by atoms with van der Waals surface area (Å²) in [7, 11) is 0. The van der Waals surface area contributed by atoms with E-state index in [0.29, 0.717) is 45.0 Å². The summed E-state index contributed by atoms with van der Waals surface area (Å²) in [5, 5.41) is 6.86. The Labute approximate surface area is 241 Å². The van der Waals surface area contributed by atoms with Gasteiger partial charge >= 0.3 is 6.03 Å². The van der Waals surface area contributed by atoms with Crippen molar-refractivity contribution in [2.45, 2.75) is 25.9 Å². The molecular weight excluding hydrogens is 544 g/mol. The number of ether oxygens (including phenoxy) is 2. The van der Waals surface area contributed by atoms with Gasteiger partial charge in [-0.1, -0.05) is 0 Å². The number of carbonyl (C=O) groups is 1. The molecule has 2 aromatic carbocycles. The standard InChI is InChI=1S/C30H31F2N7O3/c1-19-12-22(36-29-25-16-28(38-8-10-41-11-9-38)33-17-26(25)34-18-35-29)2-3-27(19)42-24-4-6-39(7-5-24)30(40)37-23-14-20(31)13-21(32)15-23/h2-3,12-18,24H,4-11H2,1H3,(H,37,40)(H,34,35,36). The number of benzene rings is 2. The third-order valence-electron chi connectivity index (χ3n) is 7.42. The molecule has 0 unspecified atom stereocenters. The third-order valence-corrected chi connectivity index (χ3v) is 7.42. The van der Waals surface area contributed by atoms with E-state index in [4.69, 9.17) is 9.47 Å². The minimum absolute atomic E-state index is 0.0601. The van der Waals surface area contributed by atoms with Gasteiger partial charge in [0.2, 0.25) is 0 Å². The van der Waals surface area contributed by atoms with E-state index in [-0.39, 0.29) is 11.8 Å². The van der Waals surface area contributed by atoms with Gasteiger partial charge in [0.15, 0.2) is 0 Å². The Bertz CT molecular complexity index is 1570. The molecular formula is C30H31F2N7O3. The zero-order valence-corrected chi connectivity index (χ0v) is 23.1. The largest absolute Gasteiger partial charge is 0.490 e. The van der Waals surface area contributed by atoms with Crippen molar-refractivity contribution in [2.24, 2.45) is 0 Å². The first-order chi connectivity index (χ1) is 20.4. The molecule has 6 rings (SSSR count). The van der Waals surface area contributed by atoms with Crippen LogP contribution in [0.25, 0.3) is 10.9 Å². The molecule has 0 aliphatic carbocycles. The zero-order valence-electron chi connectivity index (χ0n) is 23.1. The number of aryl methyl sites for hydroxylation is 1. The zero-order chi connectivity index (χ0) is 29.1. The van der Waals surface area contributed by atoms with Crippen LogP contribution in [-0.4, -0.2) is 71.4 Å². The SMILES string of the molecule is Cc1cc(Nc2ncnc3cnc(N4CCOCC4)cc23)ccc1OC1CCN(C(=O)Nc2cc(F)cc(F)c2)CC1. The summed E-state index contributed by atoms with van der Waals surface area (Å²) in [5.41, 5.74) is 2.67. The maximum absolute atomic E-state index is 13.4. The number of halogens is 2. The maximum atomic E-state index is 13.4. The number of likely N-dealkylation sites (tertiary alicyclic amines) is 1. The number of morpholine rings is 1. The molecule has 218 valence electrons. The van der Waals surface area contributed by atoms with Crippen molar-refractivity contribution >= 4 is 39.9 Å². The molecule has 2 amide bonds. The lowest BCUT2D eigenvalue weighted by molar-refractivity contribution is 0.115. The number of nitrogens with zero attached hydrogens (tertiary/aromatic N) is 5. The second kappa shape index (κ2) is 12.1. The van der Waals surface area contributed by atoms with Gasteiger partial charge < -0.3 is 29.9 Å². The Balaban J connectivity index is 1.07. The van der Waals surface area contributed by atoms with Gasteiger partial charge in [-0.05, 0) is 48.9 Å². The van der Waals surface area contributed by atoms with Crippen LogP contribution >= 0.6 is 0 Å². The van der Waals surface area contributed by atoms with E-state index in [1.165, 1.54) is 6.33 Å². The van der Waals surface area contributed by atoms with E-state index in [0.717, 1.165) is 65.0 Å². The van der Waals surface area contributed by atoms with Crippen LogP contribution in [0.4, 0.5) is 36.6 Å². The first kappa shape index (κ1) is 27.6. The first-order valence-electron chi connectivity index (χ1n) is 13.9. The molecule has 2 N–H and O–H groups in total.